The minimum absolute atomic E-state index is 0.0454. The van der Waals surface area contributed by atoms with Gasteiger partial charge in [-0.25, -0.2) is 0 Å². The first-order valence-corrected chi connectivity index (χ1v) is 10.0. The number of aromatic hydroxyl groups is 1. The third-order valence-electron chi connectivity index (χ3n) is 5.24. The number of hydrogen-bond acceptors (Lipinski definition) is 5. The summed E-state index contributed by atoms with van der Waals surface area (Å²) in [5.41, 5.74) is 3.51. The number of nitrogens with one attached hydrogen (secondary N) is 1. The molecule has 2 aliphatic heterocycles. The normalized spacial score (nSPS) is 16.2. The Bertz CT molecular complexity index is 892. The van der Waals surface area contributed by atoms with E-state index >= 15 is 0 Å². The highest BCUT2D eigenvalue weighted by Crippen LogP contribution is 2.30. The molecule has 2 aliphatic rings. The maximum atomic E-state index is 12.3. The quantitative estimate of drug-likeness (QED) is 0.788. The van der Waals surface area contributed by atoms with Crippen molar-refractivity contribution in [3.63, 3.8) is 0 Å². The van der Waals surface area contributed by atoms with Crippen LogP contribution in [0.1, 0.15) is 17.5 Å². The number of carbonyl (C=O) groups is 1. The molecule has 0 spiro atoms. The van der Waals surface area contributed by atoms with E-state index in [0.29, 0.717) is 26.3 Å². The molecule has 0 saturated heterocycles. The van der Waals surface area contributed by atoms with Crippen LogP contribution < -0.4 is 14.8 Å². The van der Waals surface area contributed by atoms with Gasteiger partial charge in [0.25, 0.3) is 0 Å². The van der Waals surface area contributed by atoms with E-state index in [1.54, 1.807) is 12.1 Å². The fraction of sp³-hybridized carbons (Fsp3) is 0.348. The maximum absolute atomic E-state index is 12.3. The molecule has 4 rings (SSSR count). The molecular formula is C23H26N2O4. The fourth-order valence-electron chi connectivity index (χ4n) is 3.64. The Morgan fingerprint density at radius 3 is 2.62 bits per heavy atom. The Labute approximate surface area is 170 Å². The summed E-state index contributed by atoms with van der Waals surface area (Å²) >= 11 is 0. The summed E-state index contributed by atoms with van der Waals surface area (Å²) in [6, 6.07) is 13.2. The van der Waals surface area contributed by atoms with E-state index in [9.17, 15) is 9.90 Å². The van der Waals surface area contributed by atoms with Crippen LogP contribution in [0.5, 0.6) is 17.2 Å². The lowest BCUT2D eigenvalue weighted by atomic mass is 9.99. The van der Waals surface area contributed by atoms with E-state index in [1.807, 2.05) is 30.3 Å². The lowest BCUT2D eigenvalue weighted by molar-refractivity contribution is -0.122. The van der Waals surface area contributed by atoms with Gasteiger partial charge in [0.2, 0.25) is 5.91 Å². The monoisotopic (exact) mass is 394 g/mol. The molecule has 152 valence electrons. The van der Waals surface area contributed by atoms with Crippen molar-refractivity contribution in [2.45, 2.75) is 12.8 Å². The molecule has 2 aromatic rings. The summed E-state index contributed by atoms with van der Waals surface area (Å²) in [5.74, 6) is 1.89. The van der Waals surface area contributed by atoms with Gasteiger partial charge in [0.05, 0.1) is 6.54 Å². The minimum atomic E-state index is 0.0454. The number of ether oxygens (including phenoxy) is 2. The average Bonchev–Trinajstić information content (AvgIpc) is 2.75. The molecule has 0 aliphatic carbocycles. The lowest BCUT2D eigenvalue weighted by Crippen LogP contribution is -2.39. The Hall–Kier alpha value is -2.99. The molecule has 6 nitrogen and oxygen atoms in total. The Morgan fingerprint density at radius 1 is 1.07 bits per heavy atom. The molecule has 0 atom stereocenters. The summed E-state index contributed by atoms with van der Waals surface area (Å²) < 4.78 is 11.1. The fourth-order valence-corrected chi connectivity index (χ4v) is 3.64. The highest BCUT2D eigenvalue weighted by molar-refractivity contribution is 5.78. The van der Waals surface area contributed by atoms with Crippen LogP contribution in [-0.2, 0) is 11.2 Å². The molecule has 0 fully saturated rings. The van der Waals surface area contributed by atoms with Crippen LogP contribution in [0.2, 0.25) is 0 Å². The average molecular weight is 394 g/mol. The van der Waals surface area contributed by atoms with Crippen molar-refractivity contribution >= 4 is 11.5 Å². The number of benzene rings is 2. The van der Waals surface area contributed by atoms with Gasteiger partial charge >= 0.3 is 0 Å². The number of nitrogens with zero attached hydrogens (tertiary/aromatic N) is 1. The molecule has 6 heteroatoms. The molecule has 0 bridgehead atoms. The summed E-state index contributed by atoms with van der Waals surface area (Å²) in [7, 11) is 0. The summed E-state index contributed by atoms with van der Waals surface area (Å²) in [6.07, 6.45) is 3.82. The van der Waals surface area contributed by atoms with Crippen LogP contribution in [-0.4, -0.2) is 55.3 Å². The van der Waals surface area contributed by atoms with Crippen LogP contribution >= 0.6 is 0 Å². The van der Waals surface area contributed by atoms with E-state index < -0.39 is 0 Å². The van der Waals surface area contributed by atoms with Crippen LogP contribution in [0, 0.1) is 0 Å². The van der Waals surface area contributed by atoms with Gasteiger partial charge in [-0.05, 0) is 53.8 Å². The SMILES string of the molecule is O=C(CN1CC=C(c2ccc(O)cc2)CC1)NCCc1ccc2c(c1)OCCO2. The van der Waals surface area contributed by atoms with Gasteiger partial charge in [-0.2, -0.15) is 0 Å². The molecule has 0 saturated carbocycles. The smallest absolute Gasteiger partial charge is 0.234 e. The van der Waals surface area contributed by atoms with Crippen molar-refractivity contribution in [2.24, 2.45) is 0 Å². The van der Waals surface area contributed by atoms with Gasteiger partial charge in [0, 0.05) is 19.6 Å². The second-order valence-electron chi connectivity index (χ2n) is 7.34. The number of phenolic OH excluding ortho intramolecular Hbond substituents is 1. The van der Waals surface area contributed by atoms with Crippen molar-refractivity contribution in [2.75, 3.05) is 39.4 Å². The standard InChI is InChI=1S/C23H26N2O4/c26-20-4-2-18(3-5-20)19-8-11-25(12-9-19)16-23(27)24-10-7-17-1-6-21-22(15-17)29-14-13-28-21/h1-6,8,15,26H,7,9-14,16H2,(H,24,27). The molecule has 2 heterocycles. The van der Waals surface area contributed by atoms with Crippen molar-refractivity contribution in [3.8, 4) is 17.2 Å². The van der Waals surface area contributed by atoms with Crippen LogP contribution in [0.25, 0.3) is 5.57 Å². The van der Waals surface area contributed by atoms with Gasteiger partial charge in [-0.1, -0.05) is 24.3 Å². The molecule has 2 N–H and O–H groups in total. The molecule has 1 amide bonds. The van der Waals surface area contributed by atoms with Crippen LogP contribution in [0.3, 0.4) is 0 Å². The highest BCUT2D eigenvalue weighted by atomic mass is 16.6. The first kappa shape index (κ1) is 19.3. The van der Waals surface area contributed by atoms with E-state index in [2.05, 4.69) is 16.3 Å². The predicted molar refractivity (Wildman–Crippen MR) is 111 cm³/mol. The number of phenols is 1. The van der Waals surface area contributed by atoms with Gasteiger partial charge in [0.15, 0.2) is 11.5 Å². The van der Waals surface area contributed by atoms with Gasteiger partial charge < -0.3 is 19.9 Å². The van der Waals surface area contributed by atoms with Gasteiger partial charge in [0.1, 0.15) is 19.0 Å². The Morgan fingerprint density at radius 2 is 1.86 bits per heavy atom. The Kier molecular flexibility index (Phi) is 6.00. The molecule has 0 unspecified atom stereocenters. The van der Waals surface area contributed by atoms with Crippen molar-refractivity contribution in [1.29, 1.82) is 0 Å². The van der Waals surface area contributed by atoms with E-state index in [4.69, 9.17) is 9.47 Å². The van der Waals surface area contributed by atoms with Gasteiger partial charge in [-0.3, -0.25) is 9.69 Å². The van der Waals surface area contributed by atoms with Crippen LogP contribution in [0.15, 0.2) is 48.5 Å². The molecule has 0 radical (unpaired) electrons. The zero-order valence-corrected chi connectivity index (χ0v) is 16.4. The largest absolute Gasteiger partial charge is 0.508 e. The highest BCUT2D eigenvalue weighted by Gasteiger charge is 2.16. The zero-order chi connectivity index (χ0) is 20.1. The van der Waals surface area contributed by atoms with E-state index in [0.717, 1.165) is 48.6 Å². The molecule has 0 aromatic heterocycles. The second-order valence-corrected chi connectivity index (χ2v) is 7.34. The first-order valence-electron chi connectivity index (χ1n) is 10.0. The first-order chi connectivity index (χ1) is 14.2. The minimum Gasteiger partial charge on any atom is -0.508 e. The van der Waals surface area contributed by atoms with Crippen molar-refractivity contribution in [3.05, 3.63) is 59.7 Å². The number of carbonyl (C=O) groups excluding carboxylic acids is 1. The summed E-state index contributed by atoms with van der Waals surface area (Å²) in [4.78, 5) is 14.4. The number of hydrogen-bond donors (Lipinski definition) is 2. The maximum Gasteiger partial charge on any atom is 0.234 e. The predicted octanol–water partition coefficient (Wildman–Crippen LogP) is 2.61. The number of rotatable bonds is 6. The third kappa shape index (κ3) is 5.09. The number of amides is 1. The van der Waals surface area contributed by atoms with E-state index in [1.165, 1.54) is 5.57 Å². The summed E-state index contributed by atoms with van der Waals surface area (Å²) in [6.45, 7) is 3.77. The third-order valence-corrected chi connectivity index (χ3v) is 5.24. The van der Waals surface area contributed by atoms with E-state index in [-0.39, 0.29) is 11.7 Å². The second kappa shape index (κ2) is 9.01. The molecular weight excluding hydrogens is 368 g/mol. The topological polar surface area (TPSA) is 71.0 Å². The zero-order valence-electron chi connectivity index (χ0n) is 16.4. The van der Waals surface area contributed by atoms with Gasteiger partial charge in [-0.15, -0.1) is 0 Å². The molecule has 29 heavy (non-hydrogen) atoms. The van der Waals surface area contributed by atoms with Crippen molar-refractivity contribution < 1.29 is 19.4 Å². The summed E-state index contributed by atoms with van der Waals surface area (Å²) in [5, 5.41) is 12.4. The van der Waals surface area contributed by atoms with Crippen molar-refractivity contribution in [1.82, 2.24) is 10.2 Å². The number of fused-ring (bicyclic) bond motifs is 1. The van der Waals surface area contributed by atoms with Crippen LogP contribution in [0.4, 0.5) is 0 Å². The Balaban J connectivity index is 1.21. The molecule has 2 aromatic carbocycles. The lowest BCUT2D eigenvalue weighted by Gasteiger charge is -2.26.